The van der Waals surface area contributed by atoms with Gasteiger partial charge in [-0.25, -0.2) is 0 Å². The van der Waals surface area contributed by atoms with Crippen LogP contribution >= 0.6 is 0 Å². The predicted octanol–water partition coefficient (Wildman–Crippen LogP) is 1.86. The van der Waals surface area contributed by atoms with Crippen LogP contribution in [0.1, 0.15) is 33.1 Å². The van der Waals surface area contributed by atoms with Gasteiger partial charge in [0.15, 0.2) is 0 Å². The molecule has 0 aromatic rings. The molecule has 0 heterocycles. The summed E-state index contributed by atoms with van der Waals surface area (Å²) < 4.78 is 6.08. The number of rotatable bonds is 5. The van der Waals surface area contributed by atoms with Crippen LogP contribution in [0.4, 0.5) is 0 Å². The van der Waals surface area contributed by atoms with E-state index in [1.54, 1.807) is 6.56 Å². The van der Waals surface area contributed by atoms with Crippen molar-refractivity contribution in [3.05, 3.63) is 52.9 Å². The Morgan fingerprint density at radius 1 is 1.17 bits per heavy atom. The third-order valence-electron chi connectivity index (χ3n) is 3.47. The van der Waals surface area contributed by atoms with Gasteiger partial charge in [0.1, 0.15) is 0 Å². The third-order valence-corrected chi connectivity index (χ3v) is 9.99. The minimum atomic E-state index is -1.62. The number of hydrogen-bond acceptors (Lipinski definition) is 0. The van der Waals surface area contributed by atoms with Crippen molar-refractivity contribution in [1.82, 2.24) is 0 Å². The van der Waals surface area contributed by atoms with Crippen molar-refractivity contribution in [2.24, 2.45) is 5.92 Å². The van der Waals surface area contributed by atoms with Crippen LogP contribution in [0.15, 0.2) is 52.9 Å². The van der Waals surface area contributed by atoms with E-state index in [0.717, 1.165) is 5.92 Å². The molecule has 2 aliphatic carbocycles. The molecule has 0 fully saturated rings. The van der Waals surface area contributed by atoms with Crippen LogP contribution < -0.4 is 12.4 Å². The van der Waals surface area contributed by atoms with Gasteiger partial charge in [-0.1, -0.05) is 0 Å². The van der Waals surface area contributed by atoms with Crippen LogP contribution in [-0.2, 0) is 21.8 Å². The van der Waals surface area contributed by atoms with Gasteiger partial charge in [-0.05, 0) is 0 Å². The van der Waals surface area contributed by atoms with E-state index in [-0.39, 0.29) is 12.4 Å². The van der Waals surface area contributed by atoms with Gasteiger partial charge < -0.3 is 12.4 Å². The Balaban J connectivity index is 0.00000162. The first-order chi connectivity index (χ1) is 8.31. The van der Waals surface area contributed by atoms with Crippen molar-refractivity contribution in [1.29, 1.82) is 0 Å². The minimum absolute atomic E-state index is 0. The van der Waals surface area contributed by atoms with Crippen molar-refractivity contribution in [3.8, 4) is 0 Å². The second kappa shape index (κ2) is 8.13. The Bertz CT molecular complexity index is 383. The molecule has 0 N–H and O–H groups in total. The summed E-state index contributed by atoms with van der Waals surface area (Å²) in [5.41, 5.74) is 0. The van der Waals surface area contributed by atoms with Gasteiger partial charge in [0.25, 0.3) is 0 Å². The van der Waals surface area contributed by atoms with E-state index in [2.05, 4.69) is 60.2 Å². The maximum atomic E-state index is 2.61. The first-order valence-corrected chi connectivity index (χ1v) is 10.5. The molecule has 2 heteroatoms. The van der Waals surface area contributed by atoms with Gasteiger partial charge in [0.05, 0.1) is 0 Å². The van der Waals surface area contributed by atoms with Crippen LogP contribution in [-0.4, -0.2) is 0 Å². The molecule has 2 rings (SSSR count). The van der Waals surface area contributed by atoms with Gasteiger partial charge in [0, 0.05) is 0 Å². The average Bonchev–Trinajstić information content (AvgIpc) is 3.01. The smallest absolute Gasteiger partial charge is 1.00 e. The second-order valence-corrected chi connectivity index (χ2v) is 10.8. The Hall–Kier alpha value is -0.127. The molecular formula is C16H21ClZr. The van der Waals surface area contributed by atoms with Crippen molar-refractivity contribution in [2.45, 2.75) is 33.1 Å². The first-order valence-electron chi connectivity index (χ1n) is 6.58. The fourth-order valence-electron chi connectivity index (χ4n) is 2.11. The molecule has 0 aromatic heterocycles. The van der Waals surface area contributed by atoms with Crippen molar-refractivity contribution >= 4 is 0 Å². The summed E-state index contributed by atoms with van der Waals surface area (Å²) >= 11 is -1.62. The Labute approximate surface area is 125 Å². The van der Waals surface area contributed by atoms with Crippen LogP contribution in [0.2, 0.25) is 0 Å². The fourth-order valence-corrected chi connectivity index (χ4v) is 8.47. The molecule has 1 unspecified atom stereocenters. The van der Waals surface area contributed by atoms with Crippen LogP contribution in [0.25, 0.3) is 0 Å². The van der Waals surface area contributed by atoms with E-state index < -0.39 is 21.8 Å². The van der Waals surface area contributed by atoms with Gasteiger partial charge in [-0.15, -0.1) is 0 Å². The molecule has 0 amide bonds. The van der Waals surface area contributed by atoms with E-state index in [9.17, 15) is 0 Å². The van der Waals surface area contributed by atoms with Gasteiger partial charge in [0.2, 0.25) is 0 Å². The molecule has 2 aliphatic rings. The molecular weight excluding hydrogens is 319 g/mol. The molecule has 18 heavy (non-hydrogen) atoms. The Morgan fingerprint density at radius 2 is 1.72 bits per heavy atom. The SMILES string of the molecule is CCC(C)/C=[CH]/[Zr+]([C]1=CC=CC1)[C]1=CC=CC1.[Cl-]. The Kier molecular flexibility index (Phi) is 7.19. The molecule has 0 aliphatic heterocycles. The summed E-state index contributed by atoms with van der Waals surface area (Å²) in [5.74, 6) is 0.732. The third kappa shape index (κ3) is 4.21. The van der Waals surface area contributed by atoms with Gasteiger partial charge in [-0.2, -0.15) is 0 Å². The van der Waals surface area contributed by atoms with E-state index in [1.165, 1.54) is 19.3 Å². The van der Waals surface area contributed by atoms with Crippen molar-refractivity contribution in [3.63, 3.8) is 0 Å². The zero-order chi connectivity index (χ0) is 12.1. The zero-order valence-electron chi connectivity index (χ0n) is 11.2. The summed E-state index contributed by atoms with van der Waals surface area (Å²) in [5, 5.41) is 0. The van der Waals surface area contributed by atoms with E-state index >= 15 is 0 Å². The van der Waals surface area contributed by atoms with Crippen LogP contribution in [0, 0.1) is 5.92 Å². The normalized spacial score (nSPS) is 18.8. The standard InChI is InChI=1S/C6H11.2C5H5.ClH.Zr/c1-4-6(3)5-2;2*1-2-4-5-3-1;;/h1,4,6H,5H2,2-3H3;2*1-3H,4H2;1H;/q;;;;+1/p-1. The van der Waals surface area contributed by atoms with E-state index in [0.29, 0.717) is 0 Å². The molecule has 0 radical (unpaired) electrons. The summed E-state index contributed by atoms with van der Waals surface area (Å²) in [6.45, 7) is 4.59. The molecule has 0 spiro atoms. The van der Waals surface area contributed by atoms with Crippen molar-refractivity contribution < 1.29 is 34.2 Å². The quantitative estimate of drug-likeness (QED) is 0.717. The predicted molar refractivity (Wildman–Crippen MR) is 72.3 cm³/mol. The summed E-state index contributed by atoms with van der Waals surface area (Å²) in [6.07, 6.45) is 19.9. The number of hydrogen-bond donors (Lipinski definition) is 0. The van der Waals surface area contributed by atoms with E-state index in [4.69, 9.17) is 0 Å². The summed E-state index contributed by atoms with van der Waals surface area (Å²) in [7, 11) is 0. The van der Waals surface area contributed by atoms with E-state index in [1.807, 2.05) is 0 Å². The molecule has 1 atom stereocenters. The largest absolute Gasteiger partial charge is 1.00 e. The first kappa shape index (κ1) is 15.9. The Morgan fingerprint density at radius 3 is 2.11 bits per heavy atom. The molecule has 96 valence electrons. The number of halogens is 1. The molecule has 0 nitrogen and oxygen atoms in total. The van der Waals surface area contributed by atoms with Crippen LogP contribution in [0.3, 0.4) is 0 Å². The van der Waals surface area contributed by atoms with Crippen LogP contribution in [0.5, 0.6) is 0 Å². The molecule has 0 aromatic carbocycles. The number of allylic oxidation sites excluding steroid dienone is 9. The van der Waals surface area contributed by atoms with Crippen molar-refractivity contribution in [2.75, 3.05) is 0 Å². The summed E-state index contributed by atoms with van der Waals surface area (Å²) in [4.78, 5) is 0. The molecule has 0 bridgehead atoms. The fraction of sp³-hybridized carbons (Fsp3) is 0.375. The monoisotopic (exact) mass is 338 g/mol. The molecule has 0 saturated carbocycles. The maximum absolute atomic E-state index is 2.61. The zero-order valence-corrected chi connectivity index (χ0v) is 14.4. The maximum Gasteiger partial charge on any atom is -1.00 e. The minimum Gasteiger partial charge on any atom is -1.00 e. The summed E-state index contributed by atoms with van der Waals surface area (Å²) in [6, 6.07) is 0. The average molecular weight is 340 g/mol. The topological polar surface area (TPSA) is 0 Å². The molecule has 0 saturated heterocycles. The van der Waals surface area contributed by atoms with Gasteiger partial charge >= 0.3 is 114 Å². The van der Waals surface area contributed by atoms with Gasteiger partial charge in [-0.3, -0.25) is 0 Å². The second-order valence-electron chi connectivity index (χ2n) is 4.81.